The third-order valence-electron chi connectivity index (χ3n) is 6.13. The molecule has 0 saturated carbocycles. The third kappa shape index (κ3) is 3.70. The van der Waals surface area contributed by atoms with Gasteiger partial charge in [-0.15, -0.1) is 0 Å². The van der Waals surface area contributed by atoms with E-state index < -0.39 is 0 Å². The van der Waals surface area contributed by atoms with Gasteiger partial charge >= 0.3 is 0 Å². The number of nitrogens with zero attached hydrogens (tertiary/aromatic N) is 2. The van der Waals surface area contributed by atoms with Gasteiger partial charge in [0.2, 0.25) is 0 Å². The molecule has 1 aliphatic rings. The third-order valence-corrected chi connectivity index (χ3v) is 6.13. The lowest BCUT2D eigenvalue weighted by atomic mass is 9.76. The van der Waals surface area contributed by atoms with Crippen molar-refractivity contribution in [3.05, 3.63) is 89.5 Å². The number of anilines is 1. The minimum Gasteiger partial charge on any atom is -0.378 e. The summed E-state index contributed by atoms with van der Waals surface area (Å²) in [6.45, 7) is 0. The molecule has 1 aliphatic carbocycles. The van der Waals surface area contributed by atoms with E-state index in [1.807, 2.05) is 0 Å². The van der Waals surface area contributed by atoms with E-state index in [9.17, 15) is 0 Å². The number of hydrogen-bond acceptors (Lipinski definition) is 2. The highest BCUT2D eigenvalue weighted by Gasteiger charge is 2.29. The van der Waals surface area contributed by atoms with Crippen LogP contribution < -0.4 is 4.90 Å². The first-order chi connectivity index (χ1) is 13.5. The fraction of sp³-hybridized carbons (Fsp3) is 0.308. The van der Waals surface area contributed by atoms with Gasteiger partial charge in [-0.2, -0.15) is 0 Å². The van der Waals surface area contributed by atoms with E-state index in [1.54, 1.807) is 0 Å². The van der Waals surface area contributed by atoms with Crippen LogP contribution in [0.5, 0.6) is 0 Å². The van der Waals surface area contributed by atoms with Crippen molar-refractivity contribution in [1.29, 1.82) is 0 Å². The molecule has 0 N–H and O–H groups in total. The Morgan fingerprint density at radius 1 is 0.750 bits per heavy atom. The van der Waals surface area contributed by atoms with Crippen LogP contribution in [-0.4, -0.2) is 39.1 Å². The molecule has 3 aromatic carbocycles. The first-order valence-electron chi connectivity index (χ1n) is 10.1. The molecule has 0 unspecified atom stereocenters. The Morgan fingerprint density at radius 3 is 2.21 bits per heavy atom. The summed E-state index contributed by atoms with van der Waals surface area (Å²) in [5, 5.41) is 0. The Hall–Kier alpha value is -2.58. The van der Waals surface area contributed by atoms with Gasteiger partial charge in [-0.3, -0.25) is 0 Å². The summed E-state index contributed by atoms with van der Waals surface area (Å²) in [6.07, 6.45) is 2.32. The largest absolute Gasteiger partial charge is 0.378 e. The first kappa shape index (κ1) is 18.8. The van der Waals surface area contributed by atoms with Gasteiger partial charge < -0.3 is 9.80 Å². The van der Waals surface area contributed by atoms with Gasteiger partial charge in [-0.05, 0) is 66.9 Å². The molecule has 2 heteroatoms. The number of benzene rings is 3. The van der Waals surface area contributed by atoms with Crippen LogP contribution in [0.3, 0.4) is 0 Å². The van der Waals surface area contributed by atoms with Crippen molar-refractivity contribution in [3.8, 4) is 11.1 Å². The van der Waals surface area contributed by atoms with Crippen molar-refractivity contribution in [2.45, 2.75) is 24.8 Å². The van der Waals surface area contributed by atoms with Gasteiger partial charge in [0.1, 0.15) is 0 Å². The predicted molar refractivity (Wildman–Crippen MR) is 120 cm³/mol. The van der Waals surface area contributed by atoms with E-state index in [1.165, 1.54) is 39.9 Å². The molecular weight excluding hydrogens is 340 g/mol. The molecule has 144 valence electrons. The van der Waals surface area contributed by atoms with E-state index in [0.29, 0.717) is 12.0 Å². The minimum atomic E-state index is 0.457. The van der Waals surface area contributed by atoms with Gasteiger partial charge in [-0.25, -0.2) is 0 Å². The smallest absolute Gasteiger partial charge is 0.0361 e. The number of likely N-dealkylation sites (N-methyl/N-ethyl adjacent to an activating group) is 1. The van der Waals surface area contributed by atoms with Gasteiger partial charge in [0.15, 0.2) is 0 Å². The predicted octanol–water partition coefficient (Wildman–Crippen LogP) is 5.43. The van der Waals surface area contributed by atoms with Crippen molar-refractivity contribution in [1.82, 2.24) is 4.90 Å². The highest BCUT2D eigenvalue weighted by molar-refractivity contribution is 5.67. The number of rotatable bonds is 4. The molecule has 2 nitrogen and oxygen atoms in total. The Labute approximate surface area is 169 Å². The van der Waals surface area contributed by atoms with Crippen LogP contribution in [0.4, 0.5) is 5.69 Å². The zero-order valence-electron chi connectivity index (χ0n) is 17.4. The molecule has 0 fully saturated rings. The van der Waals surface area contributed by atoms with Gasteiger partial charge in [0.05, 0.1) is 0 Å². The molecular formula is C26H30N2. The van der Waals surface area contributed by atoms with E-state index in [-0.39, 0.29) is 0 Å². The summed E-state index contributed by atoms with van der Waals surface area (Å²) in [5.41, 5.74) is 8.23. The first-order valence-corrected chi connectivity index (χ1v) is 10.1. The van der Waals surface area contributed by atoms with Crippen molar-refractivity contribution in [2.24, 2.45) is 0 Å². The lowest BCUT2D eigenvalue weighted by Crippen LogP contribution is -2.35. The molecule has 0 saturated heterocycles. The van der Waals surface area contributed by atoms with Crippen LogP contribution in [-0.2, 0) is 6.42 Å². The maximum atomic E-state index is 2.39. The average molecular weight is 371 g/mol. The SMILES string of the molecule is CN(C)c1ccc(-c2cccc([C@@H]3C[C@@H](N(C)C)Cc4ccccc43)c2)cc1. The van der Waals surface area contributed by atoms with Crippen molar-refractivity contribution in [3.63, 3.8) is 0 Å². The van der Waals surface area contributed by atoms with Crippen LogP contribution in [0.15, 0.2) is 72.8 Å². The van der Waals surface area contributed by atoms with Crippen LogP contribution in [0, 0.1) is 0 Å². The molecule has 0 amide bonds. The minimum absolute atomic E-state index is 0.457. The Kier molecular flexibility index (Phi) is 5.23. The van der Waals surface area contributed by atoms with Crippen LogP contribution in [0.1, 0.15) is 29.0 Å². The molecule has 4 rings (SSSR count). The average Bonchev–Trinajstić information content (AvgIpc) is 2.73. The maximum Gasteiger partial charge on any atom is 0.0361 e. The second kappa shape index (κ2) is 7.81. The summed E-state index contributed by atoms with van der Waals surface area (Å²) < 4.78 is 0. The molecule has 0 spiro atoms. The summed E-state index contributed by atoms with van der Waals surface area (Å²) in [6, 6.07) is 27.6. The number of hydrogen-bond donors (Lipinski definition) is 0. The van der Waals surface area contributed by atoms with Gasteiger partial charge in [0.25, 0.3) is 0 Å². The van der Waals surface area contributed by atoms with Crippen molar-refractivity contribution in [2.75, 3.05) is 33.1 Å². The van der Waals surface area contributed by atoms with Gasteiger partial charge in [-0.1, -0.05) is 60.7 Å². The second-order valence-corrected chi connectivity index (χ2v) is 8.38. The quantitative estimate of drug-likeness (QED) is 0.604. The topological polar surface area (TPSA) is 6.48 Å². The molecule has 0 radical (unpaired) electrons. The summed E-state index contributed by atoms with van der Waals surface area (Å²) in [4.78, 5) is 4.52. The monoisotopic (exact) mass is 370 g/mol. The molecule has 0 bridgehead atoms. The molecule has 3 aromatic rings. The van der Waals surface area contributed by atoms with Crippen molar-refractivity contribution < 1.29 is 0 Å². The lowest BCUT2D eigenvalue weighted by molar-refractivity contribution is 0.258. The highest BCUT2D eigenvalue weighted by Crippen LogP contribution is 2.39. The van der Waals surface area contributed by atoms with Crippen molar-refractivity contribution >= 4 is 5.69 Å². The molecule has 0 heterocycles. The Morgan fingerprint density at radius 2 is 1.50 bits per heavy atom. The second-order valence-electron chi connectivity index (χ2n) is 8.38. The highest BCUT2D eigenvalue weighted by atomic mass is 15.1. The normalized spacial score (nSPS) is 18.8. The van der Waals surface area contributed by atoms with E-state index >= 15 is 0 Å². The summed E-state index contributed by atoms with van der Waals surface area (Å²) >= 11 is 0. The zero-order valence-corrected chi connectivity index (χ0v) is 17.4. The summed E-state index contributed by atoms with van der Waals surface area (Å²) in [7, 11) is 8.57. The lowest BCUT2D eigenvalue weighted by Gasteiger charge is -2.35. The van der Waals surface area contributed by atoms with E-state index in [0.717, 1.165) is 6.42 Å². The maximum absolute atomic E-state index is 2.39. The van der Waals surface area contributed by atoms with E-state index in [2.05, 4.69) is 111 Å². The van der Waals surface area contributed by atoms with Crippen LogP contribution in [0.2, 0.25) is 0 Å². The zero-order chi connectivity index (χ0) is 19.7. The fourth-order valence-electron chi connectivity index (χ4n) is 4.39. The van der Waals surface area contributed by atoms with E-state index in [4.69, 9.17) is 0 Å². The Bertz CT molecular complexity index is 941. The molecule has 28 heavy (non-hydrogen) atoms. The van der Waals surface area contributed by atoms with Crippen LogP contribution in [0.25, 0.3) is 11.1 Å². The Balaban J connectivity index is 1.70. The van der Waals surface area contributed by atoms with Crippen LogP contribution >= 0.6 is 0 Å². The number of fused-ring (bicyclic) bond motifs is 1. The molecule has 2 atom stereocenters. The standard InChI is InChI=1S/C26H30N2/c1-27(2)23-14-12-19(13-15-23)20-9-7-10-21(16-20)26-18-24(28(3)4)17-22-8-5-6-11-25(22)26/h5-16,24,26H,17-18H2,1-4H3/t24-,26-/m0/s1. The molecule has 0 aromatic heterocycles. The van der Waals surface area contributed by atoms with Gasteiger partial charge in [0, 0.05) is 31.7 Å². The fourth-order valence-corrected chi connectivity index (χ4v) is 4.39. The summed E-state index contributed by atoms with van der Waals surface area (Å²) in [5.74, 6) is 0.457. The molecule has 0 aliphatic heterocycles.